The molecular weight excluding hydrogens is 258 g/mol. The number of carbonyl (C=O) groups is 2. The molecule has 0 bridgehead atoms. The summed E-state index contributed by atoms with van der Waals surface area (Å²) in [6.07, 6.45) is 1.09. The van der Waals surface area contributed by atoms with Crippen LogP contribution in [0.25, 0.3) is 0 Å². The molecule has 0 saturated carbocycles. The molecule has 1 atom stereocenters. The standard InChI is InChI=1S/C12H12ClNO4/c13-7-3-4-8(10(15)6-7)11(16)14-5-1-2-9(14)12(17)18/h3-4,6,9,15H,1-2,5H2,(H,17,18)/t9-/m1/s1. The molecular formula is C12H12ClNO4. The van der Waals surface area contributed by atoms with Crippen LogP contribution in [0.1, 0.15) is 23.2 Å². The number of hydrogen-bond acceptors (Lipinski definition) is 3. The Bertz CT molecular complexity index is 503. The van der Waals surface area contributed by atoms with Crippen LogP contribution >= 0.6 is 11.6 Å². The molecule has 0 aromatic heterocycles. The summed E-state index contributed by atoms with van der Waals surface area (Å²) in [5, 5.41) is 19.0. The molecule has 6 heteroatoms. The number of phenolic OH excluding ortho intramolecular Hbond substituents is 1. The number of carboxylic acids is 1. The van der Waals surface area contributed by atoms with Gasteiger partial charge in [0.25, 0.3) is 5.91 Å². The average molecular weight is 270 g/mol. The van der Waals surface area contributed by atoms with Gasteiger partial charge in [0, 0.05) is 11.6 Å². The topological polar surface area (TPSA) is 77.8 Å². The highest BCUT2D eigenvalue weighted by Crippen LogP contribution is 2.26. The van der Waals surface area contributed by atoms with Crippen molar-refractivity contribution in [3.63, 3.8) is 0 Å². The SMILES string of the molecule is O=C(O)[C@H]1CCCN1C(=O)c1ccc(Cl)cc1O. The lowest BCUT2D eigenvalue weighted by Crippen LogP contribution is -2.40. The summed E-state index contributed by atoms with van der Waals surface area (Å²) in [7, 11) is 0. The third-order valence-corrected chi connectivity index (χ3v) is 3.22. The van der Waals surface area contributed by atoms with Crippen LogP contribution in [0.15, 0.2) is 18.2 Å². The van der Waals surface area contributed by atoms with E-state index in [1.807, 2.05) is 0 Å². The normalized spacial score (nSPS) is 18.9. The number of halogens is 1. The van der Waals surface area contributed by atoms with E-state index in [2.05, 4.69) is 0 Å². The molecule has 1 aliphatic heterocycles. The van der Waals surface area contributed by atoms with Gasteiger partial charge in [0.15, 0.2) is 0 Å². The van der Waals surface area contributed by atoms with Crippen LogP contribution in [-0.4, -0.2) is 39.6 Å². The zero-order valence-corrected chi connectivity index (χ0v) is 10.2. The molecule has 0 aliphatic carbocycles. The molecule has 2 N–H and O–H groups in total. The summed E-state index contributed by atoms with van der Waals surface area (Å²) >= 11 is 5.68. The van der Waals surface area contributed by atoms with Crippen LogP contribution in [0.5, 0.6) is 5.75 Å². The third kappa shape index (κ3) is 2.26. The molecule has 1 saturated heterocycles. The van der Waals surface area contributed by atoms with Crippen molar-refractivity contribution in [3.05, 3.63) is 28.8 Å². The van der Waals surface area contributed by atoms with E-state index in [0.29, 0.717) is 24.4 Å². The summed E-state index contributed by atoms with van der Waals surface area (Å²) in [5.74, 6) is -1.73. The molecule has 1 amide bonds. The maximum absolute atomic E-state index is 12.2. The second-order valence-corrected chi connectivity index (χ2v) is 4.59. The predicted octanol–water partition coefficient (Wildman–Crippen LogP) is 1.73. The maximum Gasteiger partial charge on any atom is 0.326 e. The smallest absolute Gasteiger partial charge is 0.326 e. The van der Waals surface area contributed by atoms with Crippen LogP contribution in [-0.2, 0) is 4.79 Å². The molecule has 1 heterocycles. The fraction of sp³-hybridized carbons (Fsp3) is 0.333. The molecule has 1 aromatic rings. The van der Waals surface area contributed by atoms with Crippen molar-refractivity contribution in [1.82, 2.24) is 4.90 Å². The average Bonchev–Trinajstić information content (AvgIpc) is 2.77. The predicted molar refractivity (Wildman–Crippen MR) is 64.8 cm³/mol. The van der Waals surface area contributed by atoms with Gasteiger partial charge in [0.05, 0.1) is 5.56 Å². The maximum atomic E-state index is 12.2. The van der Waals surface area contributed by atoms with Crippen molar-refractivity contribution < 1.29 is 19.8 Å². The van der Waals surface area contributed by atoms with Crippen LogP contribution in [0.3, 0.4) is 0 Å². The van der Waals surface area contributed by atoms with Crippen molar-refractivity contribution in [3.8, 4) is 5.75 Å². The molecule has 5 nitrogen and oxygen atoms in total. The molecule has 1 fully saturated rings. The number of rotatable bonds is 2. The number of nitrogens with zero attached hydrogens (tertiary/aromatic N) is 1. The minimum Gasteiger partial charge on any atom is -0.507 e. The number of amides is 1. The zero-order chi connectivity index (χ0) is 13.3. The summed E-state index contributed by atoms with van der Waals surface area (Å²) in [6.45, 7) is 0.387. The van der Waals surface area contributed by atoms with Crippen molar-refractivity contribution in [1.29, 1.82) is 0 Å². The van der Waals surface area contributed by atoms with Gasteiger partial charge in [-0.15, -0.1) is 0 Å². The van der Waals surface area contributed by atoms with Crippen LogP contribution in [0.4, 0.5) is 0 Å². The molecule has 1 aliphatic rings. The first-order valence-corrected chi connectivity index (χ1v) is 5.91. The first-order valence-electron chi connectivity index (χ1n) is 5.53. The number of carbonyl (C=O) groups excluding carboxylic acids is 1. The Kier molecular flexibility index (Phi) is 3.43. The first kappa shape index (κ1) is 12.7. The molecule has 1 aromatic carbocycles. The van der Waals surface area contributed by atoms with E-state index in [9.17, 15) is 14.7 Å². The second kappa shape index (κ2) is 4.86. The third-order valence-electron chi connectivity index (χ3n) is 2.99. The first-order chi connectivity index (χ1) is 8.50. The van der Waals surface area contributed by atoms with Gasteiger partial charge < -0.3 is 15.1 Å². The van der Waals surface area contributed by atoms with E-state index in [1.54, 1.807) is 0 Å². The van der Waals surface area contributed by atoms with Gasteiger partial charge in [-0.3, -0.25) is 4.79 Å². The van der Waals surface area contributed by atoms with Crippen LogP contribution < -0.4 is 0 Å². The van der Waals surface area contributed by atoms with Gasteiger partial charge in [0.1, 0.15) is 11.8 Å². The highest BCUT2D eigenvalue weighted by molar-refractivity contribution is 6.30. The highest BCUT2D eigenvalue weighted by Gasteiger charge is 2.35. The highest BCUT2D eigenvalue weighted by atomic mass is 35.5. The fourth-order valence-corrected chi connectivity index (χ4v) is 2.27. The summed E-state index contributed by atoms with van der Waals surface area (Å²) < 4.78 is 0. The zero-order valence-electron chi connectivity index (χ0n) is 9.47. The Morgan fingerprint density at radius 3 is 2.72 bits per heavy atom. The largest absolute Gasteiger partial charge is 0.507 e. The monoisotopic (exact) mass is 269 g/mol. The van der Waals surface area contributed by atoms with E-state index in [0.717, 1.165) is 0 Å². The number of likely N-dealkylation sites (tertiary alicyclic amines) is 1. The van der Waals surface area contributed by atoms with Gasteiger partial charge in [-0.1, -0.05) is 11.6 Å². The molecule has 96 valence electrons. The van der Waals surface area contributed by atoms with Crippen molar-refractivity contribution in [2.75, 3.05) is 6.54 Å². The molecule has 0 spiro atoms. The molecule has 18 heavy (non-hydrogen) atoms. The Labute approximate surface area is 109 Å². The van der Waals surface area contributed by atoms with Crippen molar-refractivity contribution in [2.24, 2.45) is 0 Å². The Balaban J connectivity index is 2.28. The Morgan fingerprint density at radius 2 is 2.11 bits per heavy atom. The van der Waals surface area contributed by atoms with Gasteiger partial charge in [-0.05, 0) is 31.0 Å². The van der Waals surface area contributed by atoms with Gasteiger partial charge >= 0.3 is 5.97 Å². The van der Waals surface area contributed by atoms with E-state index < -0.39 is 17.9 Å². The van der Waals surface area contributed by atoms with Crippen LogP contribution in [0, 0.1) is 0 Å². The van der Waals surface area contributed by atoms with Gasteiger partial charge in [0.2, 0.25) is 0 Å². The van der Waals surface area contributed by atoms with Gasteiger partial charge in [-0.2, -0.15) is 0 Å². The number of aromatic hydroxyl groups is 1. The lowest BCUT2D eigenvalue weighted by Gasteiger charge is -2.21. The minimum atomic E-state index is -1.02. The van der Waals surface area contributed by atoms with Crippen molar-refractivity contribution >= 4 is 23.5 Å². The fourth-order valence-electron chi connectivity index (χ4n) is 2.11. The van der Waals surface area contributed by atoms with E-state index >= 15 is 0 Å². The number of aliphatic carboxylic acids is 1. The number of phenols is 1. The summed E-state index contributed by atoms with van der Waals surface area (Å²) in [6, 6.07) is 3.34. The number of hydrogen-bond donors (Lipinski definition) is 2. The summed E-state index contributed by atoms with van der Waals surface area (Å²) in [4.78, 5) is 24.4. The van der Waals surface area contributed by atoms with E-state index in [4.69, 9.17) is 16.7 Å². The quantitative estimate of drug-likeness (QED) is 0.857. The van der Waals surface area contributed by atoms with Crippen molar-refractivity contribution in [2.45, 2.75) is 18.9 Å². The molecule has 0 unspecified atom stereocenters. The number of benzene rings is 1. The van der Waals surface area contributed by atoms with E-state index in [1.165, 1.54) is 23.1 Å². The lowest BCUT2D eigenvalue weighted by molar-refractivity contribution is -0.141. The lowest BCUT2D eigenvalue weighted by atomic mass is 10.1. The van der Waals surface area contributed by atoms with Gasteiger partial charge in [-0.25, -0.2) is 4.79 Å². The summed E-state index contributed by atoms with van der Waals surface area (Å²) in [5.41, 5.74) is 0.0764. The minimum absolute atomic E-state index is 0.0764. The molecule has 0 radical (unpaired) electrons. The van der Waals surface area contributed by atoms with E-state index in [-0.39, 0.29) is 11.3 Å². The second-order valence-electron chi connectivity index (χ2n) is 4.16. The Hall–Kier alpha value is -1.75. The Morgan fingerprint density at radius 1 is 1.39 bits per heavy atom. The van der Waals surface area contributed by atoms with Crippen LogP contribution in [0.2, 0.25) is 5.02 Å². The number of carboxylic acid groups (broad SMARTS) is 1. The molecule has 2 rings (SSSR count).